The molecule has 0 fully saturated rings. The summed E-state index contributed by atoms with van der Waals surface area (Å²) in [7, 11) is -0.734. The molecule has 176 valence electrons. The van der Waals surface area contributed by atoms with Crippen molar-refractivity contribution < 1.29 is 26.8 Å². The van der Waals surface area contributed by atoms with E-state index < -0.39 is 28.0 Å². The summed E-state index contributed by atoms with van der Waals surface area (Å²) in [6, 6.07) is 13.5. The molecule has 0 radical (unpaired) electrons. The first-order valence-electron chi connectivity index (χ1n) is 9.92. The fourth-order valence-corrected chi connectivity index (χ4v) is 4.18. The number of amides is 1. The van der Waals surface area contributed by atoms with Crippen LogP contribution in [0.25, 0.3) is 22.5 Å². The standard InChI is InChI=1S/C23H19ClN2O7S/c1-26(2)34(29,30)16-8-6-15(7-9-16)25-20(27)13-32-23-21(28)17-12-14(24)5-10-18(17)33-22(23)19-4-3-11-31-19/h3-12H,13H2,1-2H3,(H,25,27). The molecule has 2 aromatic carbocycles. The second-order valence-electron chi connectivity index (χ2n) is 7.36. The number of carbonyl (C=O) groups is 1. The average Bonchev–Trinajstić information content (AvgIpc) is 3.34. The summed E-state index contributed by atoms with van der Waals surface area (Å²) in [6.07, 6.45) is 1.41. The van der Waals surface area contributed by atoms with E-state index in [9.17, 15) is 18.0 Å². The Morgan fingerprint density at radius 1 is 1.12 bits per heavy atom. The lowest BCUT2D eigenvalue weighted by atomic mass is 10.2. The minimum Gasteiger partial charge on any atom is -0.476 e. The van der Waals surface area contributed by atoms with Crippen LogP contribution in [-0.4, -0.2) is 39.3 Å². The van der Waals surface area contributed by atoms with E-state index in [0.29, 0.717) is 10.7 Å². The van der Waals surface area contributed by atoms with Gasteiger partial charge in [-0.3, -0.25) is 9.59 Å². The molecule has 0 spiro atoms. The Labute approximate surface area is 199 Å². The fraction of sp³-hybridized carbons (Fsp3) is 0.130. The van der Waals surface area contributed by atoms with Crippen molar-refractivity contribution in [2.24, 2.45) is 0 Å². The molecule has 0 aliphatic carbocycles. The first-order chi connectivity index (χ1) is 16.2. The number of benzene rings is 2. The van der Waals surface area contributed by atoms with Crippen molar-refractivity contribution in [2.45, 2.75) is 4.90 Å². The van der Waals surface area contributed by atoms with E-state index in [-0.39, 0.29) is 33.1 Å². The van der Waals surface area contributed by atoms with Gasteiger partial charge in [-0.05, 0) is 54.6 Å². The van der Waals surface area contributed by atoms with Crippen molar-refractivity contribution in [1.82, 2.24) is 4.31 Å². The summed E-state index contributed by atoms with van der Waals surface area (Å²) >= 11 is 6.01. The van der Waals surface area contributed by atoms with Gasteiger partial charge in [0.25, 0.3) is 5.91 Å². The summed E-state index contributed by atoms with van der Waals surface area (Å²) in [5, 5.41) is 3.12. The Bertz CT molecular complexity index is 1510. The van der Waals surface area contributed by atoms with Crippen molar-refractivity contribution in [3.05, 3.63) is 76.1 Å². The Morgan fingerprint density at radius 2 is 1.85 bits per heavy atom. The van der Waals surface area contributed by atoms with Crippen LogP contribution in [0.15, 0.2) is 79.4 Å². The Kier molecular flexibility index (Phi) is 6.47. The summed E-state index contributed by atoms with van der Waals surface area (Å²) in [4.78, 5) is 25.6. The predicted octanol–water partition coefficient (Wildman–Crippen LogP) is 3.97. The first kappa shape index (κ1) is 23.6. The lowest BCUT2D eigenvalue weighted by Gasteiger charge is -2.12. The maximum Gasteiger partial charge on any atom is 0.262 e. The van der Waals surface area contributed by atoms with Crippen LogP contribution >= 0.6 is 11.6 Å². The van der Waals surface area contributed by atoms with E-state index in [2.05, 4.69) is 5.32 Å². The third kappa shape index (κ3) is 4.69. The van der Waals surface area contributed by atoms with Crippen LogP contribution in [0.3, 0.4) is 0 Å². The van der Waals surface area contributed by atoms with E-state index in [4.69, 9.17) is 25.2 Å². The maximum absolute atomic E-state index is 13.1. The van der Waals surface area contributed by atoms with E-state index >= 15 is 0 Å². The van der Waals surface area contributed by atoms with Gasteiger partial charge in [-0.2, -0.15) is 0 Å². The number of ether oxygens (including phenoxy) is 1. The molecule has 9 nitrogen and oxygen atoms in total. The van der Waals surface area contributed by atoms with Gasteiger partial charge in [-0.15, -0.1) is 0 Å². The number of hydrogen-bond acceptors (Lipinski definition) is 7. The van der Waals surface area contributed by atoms with Gasteiger partial charge in [0.1, 0.15) is 5.58 Å². The Hall–Kier alpha value is -3.60. The van der Waals surface area contributed by atoms with E-state index in [1.165, 1.54) is 50.7 Å². The third-order valence-corrected chi connectivity index (χ3v) is 6.88. The number of carbonyl (C=O) groups excluding carboxylic acids is 1. The zero-order chi connectivity index (χ0) is 24.5. The molecular formula is C23H19ClN2O7S. The molecule has 4 rings (SSSR count). The van der Waals surface area contributed by atoms with Gasteiger partial charge in [0.05, 0.1) is 16.5 Å². The van der Waals surface area contributed by atoms with Gasteiger partial charge in [-0.1, -0.05) is 11.6 Å². The summed E-state index contributed by atoms with van der Waals surface area (Å²) < 4.78 is 42.2. The van der Waals surface area contributed by atoms with Crippen molar-refractivity contribution in [2.75, 3.05) is 26.0 Å². The summed E-state index contributed by atoms with van der Waals surface area (Å²) in [5.74, 6) is -0.482. The highest BCUT2D eigenvalue weighted by Crippen LogP contribution is 2.32. The van der Waals surface area contributed by atoms with Gasteiger partial charge in [0.15, 0.2) is 12.4 Å². The number of halogens is 1. The van der Waals surface area contributed by atoms with E-state index in [0.717, 1.165) is 4.31 Å². The van der Waals surface area contributed by atoms with Gasteiger partial charge in [0.2, 0.25) is 27.0 Å². The van der Waals surface area contributed by atoms with Crippen LogP contribution in [0.1, 0.15) is 0 Å². The van der Waals surface area contributed by atoms with E-state index in [1.807, 2.05) is 0 Å². The molecule has 4 aromatic rings. The Morgan fingerprint density at radius 3 is 2.50 bits per heavy atom. The lowest BCUT2D eigenvalue weighted by Crippen LogP contribution is -2.23. The maximum atomic E-state index is 13.1. The number of nitrogens with zero attached hydrogens (tertiary/aromatic N) is 1. The second kappa shape index (κ2) is 9.34. The smallest absolute Gasteiger partial charge is 0.262 e. The topological polar surface area (TPSA) is 119 Å². The number of sulfonamides is 1. The van der Waals surface area contributed by atoms with Gasteiger partial charge in [0, 0.05) is 24.8 Å². The molecule has 2 aromatic heterocycles. The zero-order valence-electron chi connectivity index (χ0n) is 18.1. The van der Waals surface area contributed by atoms with Gasteiger partial charge >= 0.3 is 0 Å². The number of hydrogen-bond donors (Lipinski definition) is 1. The van der Waals surface area contributed by atoms with Crippen LogP contribution in [0.4, 0.5) is 5.69 Å². The summed E-state index contributed by atoms with van der Waals surface area (Å²) in [5.41, 5.74) is 0.126. The minimum absolute atomic E-state index is 0.0378. The predicted molar refractivity (Wildman–Crippen MR) is 127 cm³/mol. The molecule has 1 N–H and O–H groups in total. The molecule has 0 aliphatic rings. The molecule has 0 unspecified atom stereocenters. The van der Waals surface area contributed by atoms with Crippen LogP contribution in [0.2, 0.25) is 5.02 Å². The van der Waals surface area contributed by atoms with Crippen molar-refractivity contribution >= 4 is 44.2 Å². The van der Waals surface area contributed by atoms with Crippen LogP contribution in [-0.2, 0) is 14.8 Å². The van der Waals surface area contributed by atoms with Crippen LogP contribution in [0, 0.1) is 0 Å². The first-order valence-corrected chi connectivity index (χ1v) is 11.7. The molecule has 34 heavy (non-hydrogen) atoms. The van der Waals surface area contributed by atoms with Gasteiger partial charge < -0.3 is 18.9 Å². The van der Waals surface area contributed by atoms with Crippen LogP contribution < -0.4 is 15.5 Å². The summed E-state index contributed by atoms with van der Waals surface area (Å²) in [6.45, 7) is -0.512. The Balaban J connectivity index is 1.56. The molecule has 0 aliphatic heterocycles. The normalized spacial score (nSPS) is 11.6. The molecule has 0 saturated heterocycles. The molecule has 0 bridgehead atoms. The SMILES string of the molecule is CN(C)S(=O)(=O)c1ccc(NC(=O)COc2c(-c3ccco3)oc3ccc(Cl)cc3c2=O)cc1. The van der Waals surface area contributed by atoms with Crippen molar-refractivity contribution in [3.63, 3.8) is 0 Å². The zero-order valence-corrected chi connectivity index (χ0v) is 19.6. The third-order valence-electron chi connectivity index (χ3n) is 4.82. The number of rotatable bonds is 7. The minimum atomic E-state index is -3.59. The highest BCUT2D eigenvalue weighted by atomic mass is 35.5. The molecule has 1 amide bonds. The number of anilines is 1. The van der Waals surface area contributed by atoms with Crippen molar-refractivity contribution in [1.29, 1.82) is 0 Å². The van der Waals surface area contributed by atoms with Crippen molar-refractivity contribution in [3.8, 4) is 17.3 Å². The monoisotopic (exact) mass is 502 g/mol. The average molecular weight is 503 g/mol. The lowest BCUT2D eigenvalue weighted by molar-refractivity contribution is -0.118. The number of fused-ring (bicyclic) bond motifs is 1. The number of furan rings is 1. The molecule has 0 atom stereocenters. The molecule has 11 heteroatoms. The molecule has 0 saturated carbocycles. The fourth-order valence-electron chi connectivity index (χ4n) is 3.11. The van der Waals surface area contributed by atoms with E-state index in [1.54, 1.807) is 24.3 Å². The molecular weight excluding hydrogens is 484 g/mol. The number of nitrogens with one attached hydrogen (secondary N) is 1. The quantitative estimate of drug-likeness (QED) is 0.406. The largest absolute Gasteiger partial charge is 0.476 e. The van der Waals surface area contributed by atoms with Gasteiger partial charge in [-0.25, -0.2) is 12.7 Å². The second-order valence-corrected chi connectivity index (χ2v) is 9.94. The highest BCUT2D eigenvalue weighted by Gasteiger charge is 2.21. The highest BCUT2D eigenvalue weighted by molar-refractivity contribution is 7.89. The van der Waals surface area contributed by atoms with Crippen LogP contribution in [0.5, 0.6) is 5.75 Å². The molecule has 2 heterocycles.